The highest BCUT2D eigenvalue weighted by Gasteiger charge is 2.23. The van der Waals surface area contributed by atoms with E-state index in [0.717, 1.165) is 12.3 Å². The molecule has 0 saturated carbocycles. The third-order valence-corrected chi connectivity index (χ3v) is 5.28. The third-order valence-electron chi connectivity index (χ3n) is 4.14. The molecule has 2 aromatic heterocycles. The first-order valence-corrected chi connectivity index (χ1v) is 10.4. The molecular weight excluding hydrogens is 424 g/mol. The minimum Gasteiger partial charge on any atom is -0.383 e. The van der Waals surface area contributed by atoms with Gasteiger partial charge in [-0.25, -0.2) is 26.9 Å². The van der Waals surface area contributed by atoms with Crippen LogP contribution in [0.1, 0.15) is 0 Å². The van der Waals surface area contributed by atoms with E-state index in [1.807, 2.05) is 0 Å². The van der Waals surface area contributed by atoms with E-state index in [2.05, 4.69) is 15.1 Å². The van der Waals surface area contributed by atoms with Crippen LogP contribution in [-0.4, -0.2) is 34.4 Å². The predicted molar refractivity (Wildman–Crippen MR) is 105 cm³/mol. The number of hydrogen-bond acceptors (Lipinski definition) is 6. The molecule has 2 heterocycles. The molecular formula is C18H12ClF2N5O2S. The van der Waals surface area contributed by atoms with E-state index in [1.165, 1.54) is 41.1 Å². The minimum atomic E-state index is -3.79. The van der Waals surface area contributed by atoms with E-state index in [1.54, 1.807) is 0 Å². The Kier molecular flexibility index (Phi) is 4.47. The van der Waals surface area contributed by atoms with Crippen molar-refractivity contribution in [3.05, 3.63) is 59.1 Å². The summed E-state index contributed by atoms with van der Waals surface area (Å²) in [5.74, 6) is -0.981. The lowest BCUT2D eigenvalue weighted by Crippen LogP contribution is -2.06. The molecule has 4 aromatic rings. The topological polar surface area (TPSA) is 104 Å². The number of sulfone groups is 1. The van der Waals surface area contributed by atoms with Crippen LogP contribution in [0.4, 0.5) is 14.6 Å². The summed E-state index contributed by atoms with van der Waals surface area (Å²) in [5, 5.41) is 3.88. The Morgan fingerprint density at radius 3 is 2.38 bits per heavy atom. The Bertz CT molecular complexity index is 1370. The molecule has 0 aliphatic carbocycles. The van der Waals surface area contributed by atoms with Gasteiger partial charge < -0.3 is 5.73 Å². The number of nitrogens with two attached hydrogens (primary N) is 1. The van der Waals surface area contributed by atoms with Crippen molar-refractivity contribution in [2.75, 3.05) is 12.0 Å². The molecule has 0 bridgehead atoms. The highest BCUT2D eigenvalue weighted by atomic mass is 35.5. The Morgan fingerprint density at radius 2 is 1.76 bits per heavy atom. The summed E-state index contributed by atoms with van der Waals surface area (Å²) >= 11 is 5.88. The van der Waals surface area contributed by atoms with Crippen LogP contribution in [0.2, 0.25) is 5.02 Å². The van der Waals surface area contributed by atoms with Crippen LogP contribution in [-0.2, 0) is 9.84 Å². The zero-order chi connectivity index (χ0) is 20.9. The third kappa shape index (κ3) is 3.40. The molecule has 7 nitrogen and oxygen atoms in total. The number of anilines is 1. The fourth-order valence-electron chi connectivity index (χ4n) is 2.79. The SMILES string of the molecule is CS(=O)(=O)c1nc(-c2ccc(F)c(Cl)c2)c2c(N)n(-c3ccc(F)cc3)nc2n1. The number of nitrogens with zero attached hydrogens (tertiary/aromatic N) is 4. The van der Waals surface area contributed by atoms with Gasteiger partial charge in [0, 0.05) is 11.8 Å². The lowest BCUT2D eigenvalue weighted by molar-refractivity contribution is 0.593. The smallest absolute Gasteiger partial charge is 0.249 e. The highest BCUT2D eigenvalue weighted by Crippen LogP contribution is 2.34. The number of benzene rings is 2. The monoisotopic (exact) mass is 435 g/mol. The molecule has 2 N–H and O–H groups in total. The molecule has 0 amide bonds. The molecule has 0 aliphatic rings. The second-order valence-electron chi connectivity index (χ2n) is 6.23. The van der Waals surface area contributed by atoms with E-state index >= 15 is 0 Å². The zero-order valence-corrected chi connectivity index (χ0v) is 16.3. The second kappa shape index (κ2) is 6.75. The maximum Gasteiger partial charge on any atom is 0.249 e. The van der Waals surface area contributed by atoms with Gasteiger partial charge in [0.2, 0.25) is 15.0 Å². The van der Waals surface area contributed by atoms with Gasteiger partial charge in [-0.2, -0.15) is 4.98 Å². The van der Waals surface area contributed by atoms with Gasteiger partial charge in [0.1, 0.15) is 17.5 Å². The largest absolute Gasteiger partial charge is 0.383 e. The molecule has 148 valence electrons. The van der Waals surface area contributed by atoms with E-state index in [-0.39, 0.29) is 27.6 Å². The van der Waals surface area contributed by atoms with Gasteiger partial charge in [-0.1, -0.05) is 11.6 Å². The Balaban J connectivity index is 2.07. The number of aromatic nitrogens is 4. The number of fused-ring (bicyclic) bond motifs is 1. The zero-order valence-electron chi connectivity index (χ0n) is 14.8. The summed E-state index contributed by atoms with van der Waals surface area (Å²) < 4.78 is 52.3. The normalized spacial score (nSPS) is 11.9. The van der Waals surface area contributed by atoms with Crippen LogP contribution in [0.15, 0.2) is 47.6 Å². The van der Waals surface area contributed by atoms with Gasteiger partial charge >= 0.3 is 0 Å². The second-order valence-corrected chi connectivity index (χ2v) is 8.54. The van der Waals surface area contributed by atoms with Crippen LogP contribution in [0.25, 0.3) is 28.0 Å². The minimum absolute atomic E-state index is 0.0118. The fraction of sp³-hybridized carbons (Fsp3) is 0.0556. The summed E-state index contributed by atoms with van der Waals surface area (Å²) in [6.45, 7) is 0. The fourth-order valence-corrected chi connectivity index (χ4v) is 3.48. The van der Waals surface area contributed by atoms with Crippen molar-refractivity contribution in [1.82, 2.24) is 19.7 Å². The van der Waals surface area contributed by atoms with Crippen LogP contribution >= 0.6 is 11.6 Å². The average molecular weight is 436 g/mol. The van der Waals surface area contributed by atoms with Gasteiger partial charge in [-0.15, -0.1) is 5.10 Å². The van der Waals surface area contributed by atoms with Gasteiger partial charge in [-0.3, -0.25) is 0 Å². The van der Waals surface area contributed by atoms with Gasteiger partial charge in [0.15, 0.2) is 5.65 Å². The van der Waals surface area contributed by atoms with Crippen molar-refractivity contribution >= 4 is 38.3 Å². The number of hydrogen-bond donors (Lipinski definition) is 1. The first-order valence-electron chi connectivity index (χ1n) is 8.13. The van der Waals surface area contributed by atoms with Crippen molar-refractivity contribution in [2.45, 2.75) is 5.16 Å². The molecule has 29 heavy (non-hydrogen) atoms. The Hall–Kier alpha value is -3.11. The maximum atomic E-state index is 13.6. The standard InChI is InChI=1S/C18H12ClF2N5O2S/c1-29(27,28)18-23-15(9-2-7-13(21)12(19)8-9)14-16(22)26(25-17(14)24-18)11-5-3-10(20)4-6-11/h2-8H,22H2,1H3. The Morgan fingerprint density at radius 1 is 1.07 bits per heavy atom. The van der Waals surface area contributed by atoms with Crippen LogP contribution in [0.5, 0.6) is 0 Å². The Labute approximate surface area is 168 Å². The molecule has 0 radical (unpaired) electrons. The van der Waals surface area contributed by atoms with E-state index in [4.69, 9.17) is 17.3 Å². The molecule has 0 spiro atoms. The van der Waals surface area contributed by atoms with Crippen molar-refractivity contribution in [3.8, 4) is 16.9 Å². The molecule has 0 aliphatic heterocycles. The number of nitrogen functional groups attached to an aromatic ring is 1. The predicted octanol–water partition coefficient (Wildman–Crippen LogP) is 3.40. The van der Waals surface area contributed by atoms with Crippen LogP contribution < -0.4 is 5.73 Å². The van der Waals surface area contributed by atoms with E-state index in [0.29, 0.717) is 11.3 Å². The molecule has 2 aromatic carbocycles. The van der Waals surface area contributed by atoms with Gasteiger partial charge in [-0.05, 0) is 42.5 Å². The van der Waals surface area contributed by atoms with Crippen molar-refractivity contribution in [1.29, 1.82) is 0 Å². The molecule has 0 atom stereocenters. The quantitative estimate of drug-likeness (QED) is 0.494. The van der Waals surface area contributed by atoms with Crippen molar-refractivity contribution in [3.63, 3.8) is 0 Å². The summed E-state index contributed by atoms with van der Waals surface area (Å²) in [6.07, 6.45) is 0.954. The summed E-state index contributed by atoms with van der Waals surface area (Å²) in [7, 11) is -3.79. The van der Waals surface area contributed by atoms with E-state index < -0.39 is 26.6 Å². The summed E-state index contributed by atoms with van der Waals surface area (Å²) in [4.78, 5) is 8.13. The highest BCUT2D eigenvalue weighted by molar-refractivity contribution is 7.90. The van der Waals surface area contributed by atoms with Crippen LogP contribution in [0, 0.1) is 11.6 Å². The lowest BCUT2D eigenvalue weighted by Gasteiger charge is -2.07. The van der Waals surface area contributed by atoms with Crippen molar-refractivity contribution in [2.24, 2.45) is 0 Å². The number of halogens is 3. The molecule has 4 rings (SSSR count). The summed E-state index contributed by atoms with van der Waals surface area (Å²) in [6, 6.07) is 9.20. The molecule has 0 unspecified atom stereocenters. The van der Waals surface area contributed by atoms with Gasteiger partial charge in [0.25, 0.3) is 0 Å². The average Bonchev–Trinajstić information content (AvgIpc) is 3.00. The molecule has 0 fully saturated rings. The lowest BCUT2D eigenvalue weighted by atomic mass is 10.1. The van der Waals surface area contributed by atoms with Crippen molar-refractivity contribution < 1.29 is 17.2 Å². The molecule has 0 saturated heterocycles. The first kappa shape index (κ1) is 19.2. The van der Waals surface area contributed by atoms with Crippen LogP contribution in [0.3, 0.4) is 0 Å². The van der Waals surface area contributed by atoms with Gasteiger partial charge in [0.05, 0.1) is 21.8 Å². The number of rotatable bonds is 3. The summed E-state index contributed by atoms with van der Waals surface area (Å²) in [5.41, 5.74) is 7.15. The molecule has 11 heteroatoms. The first-order chi connectivity index (χ1) is 13.6. The van der Waals surface area contributed by atoms with E-state index in [9.17, 15) is 17.2 Å². The maximum absolute atomic E-state index is 13.6.